The van der Waals surface area contributed by atoms with Crippen LogP contribution in [0.5, 0.6) is 5.75 Å². The molecule has 0 radical (unpaired) electrons. The van der Waals surface area contributed by atoms with Crippen molar-refractivity contribution in [2.24, 2.45) is 0 Å². The highest BCUT2D eigenvalue weighted by atomic mass is 79.9. The van der Waals surface area contributed by atoms with Crippen LogP contribution in [0.15, 0.2) is 69.9 Å². The number of ether oxygens (including phenoxy) is 1. The molecule has 4 aromatic rings. The van der Waals surface area contributed by atoms with E-state index in [0.29, 0.717) is 12.3 Å². The number of carbonyl (C=O) groups excluding carboxylic acids is 1. The maximum atomic E-state index is 12.3. The average molecular weight is 481 g/mol. The van der Waals surface area contributed by atoms with Crippen LogP contribution in [-0.2, 0) is 11.3 Å². The Bertz CT molecular complexity index is 1280. The zero-order valence-electron chi connectivity index (χ0n) is 16.8. The Morgan fingerprint density at radius 2 is 1.71 bits per heavy atom. The van der Waals surface area contributed by atoms with Gasteiger partial charge in [0.2, 0.25) is 0 Å². The molecule has 0 fully saturated rings. The summed E-state index contributed by atoms with van der Waals surface area (Å²) >= 11 is 3.48. The van der Waals surface area contributed by atoms with Gasteiger partial charge in [-0.15, -0.1) is 0 Å². The molecule has 0 spiro atoms. The number of hydrogen-bond acceptors (Lipinski definition) is 4. The first-order chi connectivity index (χ1) is 15.0. The monoisotopic (exact) mass is 480 g/mol. The van der Waals surface area contributed by atoms with Crippen LogP contribution in [0, 0.1) is 6.92 Å². The van der Waals surface area contributed by atoms with Crippen molar-refractivity contribution in [3.8, 4) is 5.75 Å². The highest BCUT2D eigenvalue weighted by molar-refractivity contribution is 9.10. The van der Waals surface area contributed by atoms with Gasteiger partial charge in [0.1, 0.15) is 5.75 Å². The molecule has 1 aromatic heterocycles. The van der Waals surface area contributed by atoms with Gasteiger partial charge in [-0.1, -0.05) is 33.6 Å². The number of amides is 1. The van der Waals surface area contributed by atoms with Gasteiger partial charge in [-0.25, -0.2) is 4.79 Å². The number of benzene rings is 3. The lowest BCUT2D eigenvalue weighted by Gasteiger charge is -2.14. The molecule has 1 amide bonds. The molecule has 0 bridgehead atoms. The summed E-state index contributed by atoms with van der Waals surface area (Å²) in [4.78, 5) is 29.2. The Morgan fingerprint density at radius 1 is 0.968 bits per heavy atom. The summed E-state index contributed by atoms with van der Waals surface area (Å²) in [7, 11) is 0. The summed E-state index contributed by atoms with van der Waals surface area (Å²) in [6.45, 7) is 2.38. The molecule has 0 aliphatic heterocycles. The highest BCUT2D eigenvalue weighted by Crippen LogP contribution is 2.25. The van der Waals surface area contributed by atoms with Crippen molar-refractivity contribution in [2.75, 3.05) is 17.2 Å². The third-order valence-electron chi connectivity index (χ3n) is 4.72. The van der Waals surface area contributed by atoms with Crippen LogP contribution in [0.4, 0.5) is 11.4 Å². The van der Waals surface area contributed by atoms with Crippen molar-refractivity contribution in [3.05, 3.63) is 86.7 Å². The van der Waals surface area contributed by atoms with E-state index >= 15 is 0 Å². The minimum absolute atomic E-state index is 0.0982. The molecule has 3 aromatic carbocycles. The minimum atomic E-state index is -0.237. The van der Waals surface area contributed by atoms with Gasteiger partial charge in [-0.3, -0.25) is 4.79 Å². The van der Waals surface area contributed by atoms with Gasteiger partial charge < -0.3 is 25.3 Å². The van der Waals surface area contributed by atoms with Crippen LogP contribution in [-0.4, -0.2) is 22.5 Å². The molecule has 0 atom stereocenters. The summed E-state index contributed by atoms with van der Waals surface area (Å²) < 4.78 is 6.69. The van der Waals surface area contributed by atoms with Gasteiger partial charge in [0.25, 0.3) is 5.91 Å². The molecule has 8 heteroatoms. The largest absolute Gasteiger partial charge is 0.483 e. The van der Waals surface area contributed by atoms with E-state index in [0.717, 1.165) is 38.0 Å². The minimum Gasteiger partial charge on any atom is -0.483 e. The van der Waals surface area contributed by atoms with E-state index in [1.165, 1.54) is 0 Å². The second-order valence-electron chi connectivity index (χ2n) is 7.15. The SMILES string of the molecule is Cc1ccc(NC(=O)COc2ccc(Br)cc2CNc2ccc3[nH]c(=O)[nH]c3c2)cc1. The Morgan fingerprint density at radius 3 is 2.52 bits per heavy atom. The van der Waals surface area contributed by atoms with Crippen molar-refractivity contribution in [1.29, 1.82) is 0 Å². The Hall–Kier alpha value is -3.52. The molecule has 31 heavy (non-hydrogen) atoms. The fourth-order valence-corrected chi connectivity index (χ4v) is 3.55. The van der Waals surface area contributed by atoms with Crippen LogP contribution in [0.1, 0.15) is 11.1 Å². The number of nitrogens with one attached hydrogen (secondary N) is 4. The quantitative estimate of drug-likeness (QED) is 0.311. The van der Waals surface area contributed by atoms with Gasteiger partial charge in [-0.2, -0.15) is 0 Å². The first-order valence-electron chi connectivity index (χ1n) is 9.70. The number of halogens is 1. The number of aromatic nitrogens is 2. The van der Waals surface area contributed by atoms with E-state index in [2.05, 4.69) is 36.5 Å². The molecule has 7 nitrogen and oxygen atoms in total. The molecular weight excluding hydrogens is 460 g/mol. The third kappa shape index (κ3) is 5.35. The van der Waals surface area contributed by atoms with Crippen molar-refractivity contribution < 1.29 is 9.53 Å². The summed E-state index contributed by atoms with van der Waals surface area (Å²) in [5, 5.41) is 6.15. The molecule has 158 valence electrons. The van der Waals surface area contributed by atoms with E-state index in [9.17, 15) is 9.59 Å². The van der Waals surface area contributed by atoms with Gasteiger partial charge in [0.15, 0.2) is 6.61 Å². The van der Waals surface area contributed by atoms with E-state index in [1.54, 1.807) is 0 Å². The number of rotatable bonds is 7. The second kappa shape index (κ2) is 9.09. The predicted molar refractivity (Wildman–Crippen MR) is 126 cm³/mol. The highest BCUT2D eigenvalue weighted by Gasteiger charge is 2.09. The van der Waals surface area contributed by atoms with Gasteiger partial charge in [0.05, 0.1) is 11.0 Å². The fraction of sp³-hybridized carbons (Fsp3) is 0.130. The summed E-state index contributed by atoms with van der Waals surface area (Å²) in [6, 6.07) is 18.8. The topological polar surface area (TPSA) is 99.0 Å². The van der Waals surface area contributed by atoms with Crippen molar-refractivity contribution in [1.82, 2.24) is 9.97 Å². The van der Waals surface area contributed by atoms with Crippen LogP contribution in [0.3, 0.4) is 0 Å². The summed E-state index contributed by atoms with van der Waals surface area (Å²) in [5.41, 5.74) is 4.85. The lowest BCUT2D eigenvalue weighted by molar-refractivity contribution is -0.118. The van der Waals surface area contributed by atoms with Crippen LogP contribution in [0.2, 0.25) is 0 Å². The second-order valence-corrected chi connectivity index (χ2v) is 8.06. The maximum absolute atomic E-state index is 12.3. The zero-order valence-corrected chi connectivity index (χ0v) is 18.4. The molecule has 0 aliphatic rings. The zero-order chi connectivity index (χ0) is 21.8. The van der Waals surface area contributed by atoms with Crippen molar-refractivity contribution >= 4 is 44.2 Å². The van der Waals surface area contributed by atoms with E-state index in [4.69, 9.17) is 4.74 Å². The number of H-pyrrole nitrogens is 2. The van der Waals surface area contributed by atoms with E-state index < -0.39 is 0 Å². The van der Waals surface area contributed by atoms with Crippen LogP contribution in [0.25, 0.3) is 11.0 Å². The molecule has 4 N–H and O–H groups in total. The number of imidazole rings is 1. The standard InChI is InChI=1S/C23H21BrN4O3/c1-14-2-5-17(6-3-14)26-22(29)13-31-21-9-4-16(24)10-15(21)12-25-18-7-8-19-20(11-18)28-23(30)27-19/h2-11,25H,12-13H2,1H3,(H,26,29)(H2,27,28,30). The Labute approximate surface area is 187 Å². The van der Waals surface area contributed by atoms with Gasteiger partial charge in [0, 0.05) is 28.0 Å². The van der Waals surface area contributed by atoms with Crippen LogP contribution < -0.4 is 21.1 Å². The molecular formula is C23H21BrN4O3. The summed E-state index contributed by atoms with van der Waals surface area (Å²) in [5.74, 6) is 0.387. The molecule has 1 heterocycles. The number of aromatic amines is 2. The third-order valence-corrected chi connectivity index (χ3v) is 5.21. The molecule has 4 rings (SSSR count). The molecule has 0 unspecified atom stereocenters. The smallest absolute Gasteiger partial charge is 0.323 e. The first kappa shape index (κ1) is 20.7. The summed E-state index contributed by atoms with van der Waals surface area (Å²) in [6.07, 6.45) is 0. The fourth-order valence-electron chi connectivity index (χ4n) is 3.14. The molecule has 0 aliphatic carbocycles. The Kier molecular flexibility index (Phi) is 6.08. The first-order valence-corrected chi connectivity index (χ1v) is 10.5. The van der Waals surface area contributed by atoms with Crippen LogP contribution >= 0.6 is 15.9 Å². The van der Waals surface area contributed by atoms with E-state index in [1.807, 2.05) is 67.6 Å². The molecule has 0 saturated heterocycles. The number of hydrogen-bond donors (Lipinski definition) is 4. The number of anilines is 2. The maximum Gasteiger partial charge on any atom is 0.323 e. The lowest BCUT2D eigenvalue weighted by Crippen LogP contribution is -2.20. The Balaban J connectivity index is 1.41. The number of carbonyl (C=O) groups is 1. The number of aryl methyl sites for hydroxylation is 1. The lowest BCUT2D eigenvalue weighted by atomic mass is 10.2. The average Bonchev–Trinajstić information content (AvgIpc) is 3.12. The van der Waals surface area contributed by atoms with Gasteiger partial charge >= 0.3 is 5.69 Å². The normalized spacial score (nSPS) is 10.8. The predicted octanol–water partition coefficient (Wildman–Crippen LogP) is 4.56. The van der Waals surface area contributed by atoms with E-state index in [-0.39, 0.29) is 18.2 Å². The number of fused-ring (bicyclic) bond motifs is 1. The van der Waals surface area contributed by atoms with Gasteiger partial charge in [-0.05, 0) is 55.5 Å². The molecule has 0 saturated carbocycles. The van der Waals surface area contributed by atoms with Crippen molar-refractivity contribution in [3.63, 3.8) is 0 Å². The van der Waals surface area contributed by atoms with Crippen molar-refractivity contribution in [2.45, 2.75) is 13.5 Å².